The van der Waals surface area contributed by atoms with Crippen molar-refractivity contribution in [2.75, 3.05) is 37.1 Å². The normalized spacial score (nSPS) is 18.5. The first-order valence-corrected chi connectivity index (χ1v) is 15.7. The summed E-state index contributed by atoms with van der Waals surface area (Å²) in [7, 11) is -1.66. The number of carbonyl (C=O) groups excluding carboxylic acids is 2. The second-order valence-electron chi connectivity index (χ2n) is 11.0. The molecule has 2 unspecified atom stereocenters. The summed E-state index contributed by atoms with van der Waals surface area (Å²) in [6.45, 7) is 12.3. The predicted octanol–water partition coefficient (Wildman–Crippen LogP) is 5.42. The van der Waals surface area contributed by atoms with Gasteiger partial charge < -0.3 is 24.0 Å². The van der Waals surface area contributed by atoms with Crippen LogP contribution in [0.15, 0.2) is 18.5 Å². The maximum Gasteiger partial charge on any atom is 0.332 e. The Morgan fingerprint density at radius 3 is 2.21 bits per heavy atom. The standard InChI is InChI=1S/C25H39N4O6PS2/c1-24(2,3)22(30)37-13-11-32-36(33-12-14-38-23(31)25(4,5)6)34-15-17-7-10-20(35-17)18-8-9-19-21(26)27-16-28-29(18)19/h8-9,16-17,20H,7,10-15H2,1-6H3,(H2,26,27,28). The topological polar surface area (TPSA) is 127 Å². The summed E-state index contributed by atoms with van der Waals surface area (Å²) < 4.78 is 25.8. The summed E-state index contributed by atoms with van der Waals surface area (Å²) in [6.07, 6.45) is 2.81. The Labute approximate surface area is 234 Å². The van der Waals surface area contributed by atoms with Gasteiger partial charge >= 0.3 is 8.60 Å². The molecule has 1 aliphatic heterocycles. The van der Waals surface area contributed by atoms with Gasteiger partial charge in [-0.05, 0) is 25.0 Å². The van der Waals surface area contributed by atoms with E-state index in [1.165, 1.54) is 29.9 Å². The lowest BCUT2D eigenvalue weighted by atomic mass is 9.99. The maximum atomic E-state index is 12.2. The van der Waals surface area contributed by atoms with Crippen LogP contribution in [0.3, 0.4) is 0 Å². The molecule has 1 saturated heterocycles. The summed E-state index contributed by atoms with van der Waals surface area (Å²) in [5.74, 6) is 1.44. The van der Waals surface area contributed by atoms with Gasteiger partial charge in [-0.2, -0.15) is 5.10 Å². The number of nitrogens with two attached hydrogens (primary N) is 1. The van der Waals surface area contributed by atoms with Crippen molar-refractivity contribution >= 4 is 53.7 Å². The van der Waals surface area contributed by atoms with Gasteiger partial charge in [-0.15, -0.1) is 0 Å². The molecule has 3 heterocycles. The van der Waals surface area contributed by atoms with E-state index < -0.39 is 19.4 Å². The number of hydrogen-bond acceptors (Lipinski definition) is 11. The average Bonchev–Trinajstić information content (AvgIpc) is 3.48. The number of ether oxygens (including phenoxy) is 1. The molecule has 2 atom stereocenters. The van der Waals surface area contributed by atoms with E-state index in [2.05, 4.69) is 10.1 Å². The quantitative estimate of drug-likeness (QED) is 0.253. The molecule has 3 rings (SSSR count). The SMILES string of the molecule is CC(C)(C)C(=O)SCCOP(OCCSC(=O)C(C)(C)C)OCC1CCC(c2ccc3c(N)ncnn23)O1. The molecule has 2 N–H and O–H groups in total. The number of nitrogens with zero attached hydrogens (tertiary/aromatic N) is 3. The Kier molecular flexibility index (Phi) is 11.4. The van der Waals surface area contributed by atoms with Gasteiger partial charge in [0, 0.05) is 22.3 Å². The molecule has 0 bridgehead atoms. The van der Waals surface area contributed by atoms with Gasteiger partial charge in [0.05, 0.1) is 31.6 Å². The van der Waals surface area contributed by atoms with Crippen molar-refractivity contribution in [3.8, 4) is 0 Å². The van der Waals surface area contributed by atoms with Gasteiger partial charge in [-0.25, -0.2) is 9.50 Å². The fourth-order valence-electron chi connectivity index (χ4n) is 3.44. The number of hydrogen-bond donors (Lipinski definition) is 1. The first-order chi connectivity index (χ1) is 17.9. The summed E-state index contributed by atoms with van der Waals surface area (Å²) in [5, 5.41) is 4.53. The van der Waals surface area contributed by atoms with Crippen molar-refractivity contribution in [2.45, 2.75) is 66.6 Å². The van der Waals surface area contributed by atoms with E-state index in [0.717, 1.165) is 24.1 Å². The van der Waals surface area contributed by atoms with E-state index >= 15 is 0 Å². The lowest BCUT2D eigenvalue weighted by Crippen LogP contribution is -2.18. The second kappa shape index (κ2) is 13.9. The number of thioether (sulfide) groups is 2. The minimum Gasteiger partial charge on any atom is -0.382 e. The van der Waals surface area contributed by atoms with Crippen LogP contribution >= 0.6 is 32.1 Å². The van der Waals surface area contributed by atoms with E-state index in [4.69, 9.17) is 24.0 Å². The summed E-state index contributed by atoms with van der Waals surface area (Å²) in [5.41, 5.74) is 6.82. The Balaban J connectivity index is 1.49. The van der Waals surface area contributed by atoms with Crippen LogP contribution < -0.4 is 5.73 Å². The maximum absolute atomic E-state index is 12.2. The van der Waals surface area contributed by atoms with Crippen LogP contribution in [0.1, 0.15) is 66.2 Å². The van der Waals surface area contributed by atoms with Crippen LogP contribution in [0.4, 0.5) is 5.82 Å². The summed E-state index contributed by atoms with van der Waals surface area (Å²) in [6, 6.07) is 3.85. The van der Waals surface area contributed by atoms with E-state index in [1.54, 1.807) is 4.52 Å². The van der Waals surface area contributed by atoms with E-state index in [9.17, 15) is 9.59 Å². The van der Waals surface area contributed by atoms with Crippen LogP contribution in [-0.4, -0.2) is 62.3 Å². The number of rotatable bonds is 12. The monoisotopic (exact) mass is 586 g/mol. The molecule has 13 heteroatoms. The van der Waals surface area contributed by atoms with Crippen LogP contribution in [0.5, 0.6) is 0 Å². The van der Waals surface area contributed by atoms with Crippen LogP contribution in [0, 0.1) is 10.8 Å². The van der Waals surface area contributed by atoms with Crippen LogP contribution in [0.2, 0.25) is 0 Å². The molecule has 1 fully saturated rings. The molecule has 0 radical (unpaired) electrons. The molecule has 0 aliphatic carbocycles. The Morgan fingerprint density at radius 1 is 1.03 bits per heavy atom. The molecular weight excluding hydrogens is 547 g/mol. The van der Waals surface area contributed by atoms with Crippen LogP contribution in [-0.2, 0) is 27.9 Å². The molecule has 1 aliphatic rings. The minimum absolute atomic E-state index is 0.111. The molecule has 38 heavy (non-hydrogen) atoms. The Bertz CT molecular complexity index is 1050. The Morgan fingerprint density at radius 2 is 1.63 bits per heavy atom. The third kappa shape index (κ3) is 9.15. The molecule has 0 aromatic carbocycles. The Hall–Kier alpha value is -1.27. The average molecular weight is 587 g/mol. The zero-order chi connectivity index (χ0) is 27.9. The predicted molar refractivity (Wildman–Crippen MR) is 153 cm³/mol. The van der Waals surface area contributed by atoms with Crippen LogP contribution in [0.25, 0.3) is 5.52 Å². The highest BCUT2D eigenvalue weighted by Gasteiger charge is 2.30. The largest absolute Gasteiger partial charge is 0.382 e. The van der Waals surface area contributed by atoms with Crippen molar-refractivity contribution in [1.82, 2.24) is 14.6 Å². The minimum atomic E-state index is -1.66. The number of anilines is 1. The van der Waals surface area contributed by atoms with Crippen molar-refractivity contribution in [3.63, 3.8) is 0 Å². The molecular formula is C25H39N4O6PS2. The molecule has 0 spiro atoms. The summed E-state index contributed by atoms with van der Waals surface area (Å²) >= 11 is 2.49. The van der Waals surface area contributed by atoms with Crippen molar-refractivity contribution in [1.29, 1.82) is 0 Å². The summed E-state index contributed by atoms with van der Waals surface area (Å²) in [4.78, 5) is 28.4. The molecule has 2 aromatic heterocycles. The van der Waals surface area contributed by atoms with Gasteiger partial charge in [0.25, 0.3) is 0 Å². The number of fused-ring (bicyclic) bond motifs is 1. The van der Waals surface area contributed by atoms with Gasteiger partial charge in [-0.1, -0.05) is 65.1 Å². The third-order valence-electron chi connectivity index (χ3n) is 5.57. The fraction of sp³-hybridized carbons (Fsp3) is 0.680. The zero-order valence-electron chi connectivity index (χ0n) is 23.0. The van der Waals surface area contributed by atoms with Crippen molar-refractivity contribution in [2.24, 2.45) is 10.8 Å². The first-order valence-electron chi connectivity index (χ1n) is 12.6. The van der Waals surface area contributed by atoms with Crippen molar-refractivity contribution < 1.29 is 27.9 Å². The highest BCUT2D eigenvalue weighted by Crippen LogP contribution is 2.42. The number of nitrogen functional groups attached to an aromatic ring is 1. The first kappa shape index (κ1) is 31.3. The van der Waals surface area contributed by atoms with E-state index in [0.29, 0.717) is 37.1 Å². The van der Waals surface area contributed by atoms with Gasteiger partial charge in [0.2, 0.25) is 0 Å². The van der Waals surface area contributed by atoms with Crippen molar-refractivity contribution in [3.05, 3.63) is 24.2 Å². The molecule has 2 aromatic rings. The van der Waals surface area contributed by atoms with Gasteiger partial charge in [0.1, 0.15) is 17.9 Å². The fourth-order valence-corrected chi connectivity index (χ4v) is 6.25. The van der Waals surface area contributed by atoms with Gasteiger partial charge in [-0.3, -0.25) is 9.59 Å². The molecule has 212 valence electrons. The smallest absolute Gasteiger partial charge is 0.332 e. The lowest BCUT2D eigenvalue weighted by Gasteiger charge is -2.20. The van der Waals surface area contributed by atoms with E-state index in [1.807, 2.05) is 53.7 Å². The number of carbonyl (C=O) groups is 2. The molecule has 0 amide bonds. The zero-order valence-corrected chi connectivity index (χ0v) is 25.5. The van der Waals surface area contributed by atoms with Gasteiger partial charge in [0.15, 0.2) is 16.0 Å². The lowest BCUT2D eigenvalue weighted by molar-refractivity contribution is -0.118. The highest BCUT2D eigenvalue weighted by atomic mass is 32.2. The third-order valence-corrected chi connectivity index (χ3v) is 9.20. The second-order valence-corrected chi connectivity index (χ2v) is 14.3. The molecule has 10 nitrogen and oxygen atoms in total. The molecule has 0 saturated carbocycles. The van der Waals surface area contributed by atoms with E-state index in [-0.39, 0.29) is 22.4 Å². The number of aromatic nitrogens is 3. The highest BCUT2D eigenvalue weighted by molar-refractivity contribution is 8.14.